The molecular formula is C20H22N6O3S. The molecule has 0 atom stereocenters. The molecule has 1 amide bonds. The number of nitrogens with zero attached hydrogens (tertiary/aromatic N) is 5. The third-order valence-electron chi connectivity index (χ3n) is 5.03. The highest BCUT2D eigenvalue weighted by Gasteiger charge is 2.26. The fourth-order valence-corrected chi connectivity index (χ4v) is 4.88. The van der Waals surface area contributed by atoms with Gasteiger partial charge >= 0.3 is 0 Å². The molecule has 1 saturated heterocycles. The largest absolute Gasteiger partial charge is 0.326 e. The van der Waals surface area contributed by atoms with Crippen LogP contribution >= 0.6 is 0 Å². The summed E-state index contributed by atoms with van der Waals surface area (Å²) in [7, 11) is -3.41. The van der Waals surface area contributed by atoms with Gasteiger partial charge in [0, 0.05) is 25.2 Å². The second-order valence-corrected chi connectivity index (χ2v) is 9.04. The maximum atomic E-state index is 12.6. The van der Waals surface area contributed by atoms with Crippen LogP contribution in [0.15, 0.2) is 59.8 Å². The molecule has 1 aliphatic heterocycles. The maximum Gasteiger partial charge on any atom is 0.243 e. The average Bonchev–Trinajstić information content (AvgIpc) is 3.48. The summed E-state index contributed by atoms with van der Waals surface area (Å²) in [5, 5.41) is 13.8. The van der Waals surface area contributed by atoms with Crippen molar-refractivity contribution in [3.05, 3.63) is 60.4 Å². The Balaban J connectivity index is 1.30. The number of amides is 1. The van der Waals surface area contributed by atoms with Gasteiger partial charge in [0.05, 0.1) is 10.6 Å². The second kappa shape index (κ2) is 8.72. The Morgan fingerprint density at radius 3 is 2.33 bits per heavy atom. The smallest absolute Gasteiger partial charge is 0.243 e. The topological polar surface area (TPSA) is 110 Å². The van der Waals surface area contributed by atoms with Gasteiger partial charge in [-0.2, -0.15) is 4.31 Å². The number of anilines is 1. The molecule has 0 radical (unpaired) electrons. The Morgan fingerprint density at radius 2 is 1.70 bits per heavy atom. The summed E-state index contributed by atoms with van der Waals surface area (Å²) in [5.41, 5.74) is 2.39. The molecule has 0 aliphatic carbocycles. The zero-order chi connectivity index (χ0) is 21.0. The Bertz CT molecular complexity index is 1090. The Labute approximate surface area is 174 Å². The lowest BCUT2D eigenvalue weighted by Crippen LogP contribution is -2.27. The molecule has 2 heterocycles. The van der Waals surface area contributed by atoms with E-state index in [4.69, 9.17) is 0 Å². The predicted octanol–water partition coefficient (Wildman–Crippen LogP) is 2.02. The van der Waals surface area contributed by atoms with E-state index in [-0.39, 0.29) is 5.91 Å². The summed E-state index contributed by atoms with van der Waals surface area (Å²) in [6.45, 7) is 1.17. The van der Waals surface area contributed by atoms with E-state index < -0.39 is 10.0 Å². The van der Waals surface area contributed by atoms with E-state index in [0.29, 0.717) is 36.5 Å². The molecule has 0 unspecified atom stereocenters. The van der Waals surface area contributed by atoms with E-state index >= 15 is 0 Å². The fraction of sp³-hybridized carbons (Fsp3) is 0.300. The summed E-state index contributed by atoms with van der Waals surface area (Å²) in [4.78, 5) is 12.6. The van der Waals surface area contributed by atoms with E-state index in [1.807, 2.05) is 12.1 Å². The molecule has 30 heavy (non-hydrogen) atoms. The summed E-state index contributed by atoms with van der Waals surface area (Å²) in [6, 6.07) is 14.0. The van der Waals surface area contributed by atoms with Crippen LogP contribution in [0, 0.1) is 0 Å². The first kappa shape index (κ1) is 20.2. The first-order valence-electron chi connectivity index (χ1n) is 9.75. The van der Waals surface area contributed by atoms with Crippen LogP contribution < -0.4 is 5.32 Å². The summed E-state index contributed by atoms with van der Waals surface area (Å²) < 4.78 is 28.2. The van der Waals surface area contributed by atoms with Crippen molar-refractivity contribution in [2.24, 2.45) is 0 Å². The maximum absolute atomic E-state index is 12.6. The van der Waals surface area contributed by atoms with E-state index in [1.54, 1.807) is 36.4 Å². The molecule has 1 N–H and O–H groups in total. The van der Waals surface area contributed by atoms with E-state index in [1.165, 1.54) is 15.3 Å². The standard InChI is InChI=1S/C20H22N6O3S/c27-20(22-17-6-8-18(9-7-17)26-15-21-23-24-26)12-5-16-3-10-19(11-4-16)30(28,29)25-13-1-2-14-25/h3-4,6-11,15H,1-2,5,12-14H2,(H,22,27). The lowest BCUT2D eigenvalue weighted by atomic mass is 10.1. The Morgan fingerprint density at radius 1 is 1.00 bits per heavy atom. The van der Waals surface area contributed by atoms with Crippen molar-refractivity contribution < 1.29 is 13.2 Å². The van der Waals surface area contributed by atoms with Gasteiger partial charge in [0.1, 0.15) is 6.33 Å². The molecular weight excluding hydrogens is 404 g/mol. The second-order valence-electron chi connectivity index (χ2n) is 7.10. The number of aromatic nitrogens is 4. The molecule has 1 fully saturated rings. The molecule has 9 nitrogen and oxygen atoms in total. The lowest BCUT2D eigenvalue weighted by molar-refractivity contribution is -0.116. The number of aryl methyl sites for hydroxylation is 1. The number of carbonyl (C=O) groups is 1. The molecule has 0 bridgehead atoms. The predicted molar refractivity (Wildman–Crippen MR) is 111 cm³/mol. The molecule has 2 aromatic carbocycles. The SMILES string of the molecule is O=C(CCc1ccc(S(=O)(=O)N2CCCC2)cc1)Nc1ccc(-n2cnnn2)cc1. The molecule has 0 saturated carbocycles. The summed E-state index contributed by atoms with van der Waals surface area (Å²) >= 11 is 0. The number of rotatable bonds is 7. The highest BCUT2D eigenvalue weighted by molar-refractivity contribution is 7.89. The van der Waals surface area contributed by atoms with Crippen LogP contribution in [-0.4, -0.2) is 51.9 Å². The lowest BCUT2D eigenvalue weighted by Gasteiger charge is -2.15. The van der Waals surface area contributed by atoms with Gasteiger partial charge in [-0.05, 0) is 71.7 Å². The van der Waals surface area contributed by atoms with Crippen LogP contribution in [-0.2, 0) is 21.2 Å². The third-order valence-corrected chi connectivity index (χ3v) is 6.94. The van der Waals surface area contributed by atoms with Crippen LogP contribution in [0.1, 0.15) is 24.8 Å². The van der Waals surface area contributed by atoms with Gasteiger partial charge in [-0.15, -0.1) is 5.10 Å². The van der Waals surface area contributed by atoms with Gasteiger partial charge in [-0.3, -0.25) is 4.79 Å². The number of hydrogen-bond acceptors (Lipinski definition) is 6. The molecule has 10 heteroatoms. The van der Waals surface area contributed by atoms with Crippen LogP contribution in [0.5, 0.6) is 0 Å². The van der Waals surface area contributed by atoms with Crippen molar-refractivity contribution in [1.29, 1.82) is 0 Å². The number of hydrogen-bond donors (Lipinski definition) is 1. The van der Waals surface area contributed by atoms with Crippen LogP contribution in [0.2, 0.25) is 0 Å². The highest BCUT2D eigenvalue weighted by Crippen LogP contribution is 2.21. The Kier molecular flexibility index (Phi) is 5.86. The zero-order valence-electron chi connectivity index (χ0n) is 16.3. The third kappa shape index (κ3) is 4.55. The molecule has 156 valence electrons. The number of nitrogens with one attached hydrogen (secondary N) is 1. The molecule has 3 aromatic rings. The van der Waals surface area contributed by atoms with E-state index in [9.17, 15) is 13.2 Å². The number of sulfonamides is 1. The summed E-state index contributed by atoms with van der Waals surface area (Å²) in [6.07, 6.45) is 4.14. The number of benzene rings is 2. The minimum atomic E-state index is -3.41. The van der Waals surface area contributed by atoms with Crippen molar-refractivity contribution in [2.45, 2.75) is 30.6 Å². The van der Waals surface area contributed by atoms with Crippen LogP contribution in [0.4, 0.5) is 5.69 Å². The van der Waals surface area contributed by atoms with E-state index in [0.717, 1.165) is 24.1 Å². The monoisotopic (exact) mass is 426 g/mol. The minimum Gasteiger partial charge on any atom is -0.326 e. The highest BCUT2D eigenvalue weighted by atomic mass is 32.2. The molecule has 1 aliphatic rings. The molecule has 1 aromatic heterocycles. The van der Waals surface area contributed by atoms with Crippen LogP contribution in [0.25, 0.3) is 5.69 Å². The van der Waals surface area contributed by atoms with Crippen molar-refractivity contribution in [3.63, 3.8) is 0 Å². The molecule has 4 rings (SSSR count). The van der Waals surface area contributed by atoms with Crippen LogP contribution in [0.3, 0.4) is 0 Å². The first-order chi connectivity index (χ1) is 14.5. The molecule has 0 spiro atoms. The first-order valence-corrected chi connectivity index (χ1v) is 11.2. The van der Waals surface area contributed by atoms with Gasteiger partial charge in [0.25, 0.3) is 0 Å². The normalized spacial score (nSPS) is 14.7. The Hall–Kier alpha value is -3.11. The van der Waals surface area contributed by atoms with Gasteiger partial charge in [0.2, 0.25) is 15.9 Å². The van der Waals surface area contributed by atoms with Crippen molar-refractivity contribution >= 4 is 21.6 Å². The van der Waals surface area contributed by atoms with E-state index in [2.05, 4.69) is 20.8 Å². The number of carbonyl (C=O) groups excluding carboxylic acids is 1. The zero-order valence-corrected chi connectivity index (χ0v) is 17.1. The number of tetrazole rings is 1. The van der Waals surface area contributed by atoms with Crippen molar-refractivity contribution in [3.8, 4) is 5.69 Å². The quantitative estimate of drug-likeness (QED) is 0.619. The summed E-state index contributed by atoms with van der Waals surface area (Å²) in [5.74, 6) is -0.112. The van der Waals surface area contributed by atoms with Crippen molar-refractivity contribution in [2.75, 3.05) is 18.4 Å². The fourth-order valence-electron chi connectivity index (χ4n) is 3.36. The van der Waals surface area contributed by atoms with Crippen molar-refractivity contribution in [1.82, 2.24) is 24.5 Å². The van der Waals surface area contributed by atoms with Gasteiger partial charge in [-0.1, -0.05) is 12.1 Å². The average molecular weight is 427 g/mol. The van der Waals surface area contributed by atoms with Gasteiger partial charge < -0.3 is 5.32 Å². The van der Waals surface area contributed by atoms with Gasteiger partial charge in [-0.25, -0.2) is 13.1 Å². The van der Waals surface area contributed by atoms with Gasteiger partial charge in [0.15, 0.2) is 0 Å². The minimum absolute atomic E-state index is 0.112.